The summed E-state index contributed by atoms with van der Waals surface area (Å²) >= 11 is 3.24. The van der Waals surface area contributed by atoms with Crippen molar-refractivity contribution < 1.29 is 9.13 Å². The number of hydrogen-bond donors (Lipinski definition) is 1. The first kappa shape index (κ1) is 13.0. The lowest BCUT2D eigenvalue weighted by Crippen LogP contribution is -2.06. The fraction of sp³-hybridized carbons (Fsp3) is 0.154. The second-order valence-corrected chi connectivity index (χ2v) is 4.74. The predicted molar refractivity (Wildman–Crippen MR) is 71.0 cm³/mol. The molecule has 1 atom stereocenters. The van der Waals surface area contributed by atoms with Gasteiger partial charge < -0.3 is 10.5 Å². The van der Waals surface area contributed by atoms with Crippen LogP contribution in [0.15, 0.2) is 41.0 Å². The first-order valence-electron chi connectivity index (χ1n) is 5.40. The summed E-state index contributed by atoms with van der Waals surface area (Å²) in [5.74, 6) is 0.790. The van der Waals surface area contributed by atoms with Gasteiger partial charge in [-0.25, -0.2) is 4.39 Å². The van der Waals surface area contributed by atoms with Crippen LogP contribution in [0.5, 0.6) is 11.5 Å². The smallest absolute Gasteiger partial charge is 0.145 e. The molecule has 94 valence electrons. The SMILES string of the molecule is C[C@H](N)c1ccc(Oc2ccc(F)cc2Br)cn1. The normalized spacial score (nSPS) is 12.2. The fourth-order valence-corrected chi connectivity index (χ4v) is 1.84. The van der Waals surface area contributed by atoms with Gasteiger partial charge in [0, 0.05) is 6.04 Å². The highest BCUT2D eigenvalue weighted by atomic mass is 79.9. The lowest BCUT2D eigenvalue weighted by molar-refractivity contribution is 0.474. The average Bonchev–Trinajstić information content (AvgIpc) is 2.33. The van der Waals surface area contributed by atoms with E-state index < -0.39 is 0 Å². The zero-order valence-electron chi connectivity index (χ0n) is 9.73. The Morgan fingerprint density at radius 2 is 2.11 bits per heavy atom. The third kappa shape index (κ3) is 3.05. The second kappa shape index (κ2) is 5.46. The molecule has 0 saturated carbocycles. The van der Waals surface area contributed by atoms with Crippen molar-refractivity contribution >= 4 is 15.9 Å². The van der Waals surface area contributed by atoms with Gasteiger partial charge in [-0.3, -0.25) is 4.98 Å². The number of nitrogens with two attached hydrogens (primary N) is 1. The largest absolute Gasteiger partial charge is 0.455 e. The lowest BCUT2D eigenvalue weighted by Gasteiger charge is -2.09. The van der Waals surface area contributed by atoms with E-state index in [0.29, 0.717) is 16.0 Å². The number of rotatable bonds is 3. The van der Waals surface area contributed by atoms with Crippen LogP contribution in [0.2, 0.25) is 0 Å². The van der Waals surface area contributed by atoms with Crippen molar-refractivity contribution in [2.24, 2.45) is 5.73 Å². The summed E-state index contributed by atoms with van der Waals surface area (Å²) in [5, 5.41) is 0. The Balaban J connectivity index is 2.18. The molecule has 0 saturated heterocycles. The van der Waals surface area contributed by atoms with Gasteiger partial charge in [-0.05, 0) is 53.2 Å². The van der Waals surface area contributed by atoms with Gasteiger partial charge in [0.2, 0.25) is 0 Å². The Morgan fingerprint density at radius 1 is 1.33 bits per heavy atom. The molecule has 0 spiro atoms. The van der Waals surface area contributed by atoms with E-state index in [9.17, 15) is 4.39 Å². The summed E-state index contributed by atoms with van der Waals surface area (Å²) < 4.78 is 19.1. The van der Waals surface area contributed by atoms with E-state index >= 15 is 0 Å². The summed E-state index contributed by atoms with van der Waals surface area (Å²) in [5.41, 5.74) is 6.50. The molecule has 0 aliphatic carbocycles. The van der Waals surface area contributed by atoms with Gasteiger partial charge in [0.25, 0.3) is 0 Å². The molecule has 0 bridgehead atoms. The minimum atomic E-state index is -0.320. The van der Waals surface area contributed by atoms with Gasteiger partial charge in [0.15, 0.2) is 0 Å². The number of halogens is 2. The predicted octanol–water partition coefficient (Wildman–Crippen LogP) is 3.80. The topological polar surface area (TPSA) is 48.1 Å². The quantitative estimate of drug-likeness (QED) is 0.938. The standard InChI is InChI=1S/C13H12BrFN2O/c1-8(16)12-4-3-10(7-17-12)18-13-5-2-9(15)6-11(13)14/h2-8H,16H2,1H3/t8-/m0/s1. The van der Waals surface area contributed by atoms with E-state index in [1.807, 2.05) is 6.92 Å². The van der Waals surface area contributed by atoms with Crippen LogP contribution in [-0.4, -0.2) is 4.98 Å². The van der Waals surface area contributed by atoms with E-state index in [1.165, 1.54) is 12.1 Å². The summed E-state index contributed by atoms with van der Waals surface area (Å²) in [7, 11) is 0. The Kier molecular flexibility index (Phi) is 3.93. The number of ether oxygens (including phenoxy) is 1. The molecular weight excluding hydrogens is 299 g/mol. The first-order chi connectivity index (χ1) is 8.56. The van der Waals surface area contributed by atoms with Gasteiger partial charge in [-0.2, -0.15) is 0 Å². The van der Waals surface area contributed by atoms with Crippen LogP contribution >= 0.6 is 15.9 Å². The average molecular weight is 311 g/mol. The maximum absolute atomic E-state index is 12.9. The van der Waals surface area contributed by atoms with E-state index in [4.69, 9.17) is 10.5 Å². The number of nitrogens with zero attached hydrogens (tertiary/aromatic N) is 1. The van der Waals surface area contributed by atoms with Crippen LogP contribution in [0.3, 0.4) is 0 Å². The monoisotopic (exact) mass is 310 g/mol. The van der Waals surface area contributed by atoms with Crippen molar-refractivity contribution in [2.75, 3.05) is 0 Å². The molecule has 1 heterocycles. The zero-order valence-corrected chi connectivity index (χ0v) is 11.3. The highest BCUT2D eigenvalue weighted by Gasteiger charge is 2.05. The van der Waals surface area contributed by atoms with Crippen LogP contribution in [-0.2, 0) is 0 Å². The van der Waals surface area contributed by atoms with Crippen molar-refractivity contribution in [3.63, 3.8) is 0 Å². The Labute approximate surface area is 113 Å². The van der Waals surface area contributed by atoms with Crippen LogP contribution in [0.1, 0.15) is 18.7 Å². The van der Waals surface area contributed by atoms with Crippen molar-refractivity contribution in [2.45, 2.75) is 13.0 Å². The van der Waals surface area contributed by atoms with Crippen LogP contribution in [0.25, 0.3) is 0 Å². The summed E-state index contributed by atoms with van der Waals surface area (Å²) in [6, 6.07) is 7.71. The van der Waals surface area contributed by atoms with Gasteiger partial charge in [-0.1, -0.05) is 0 Å². The van der Waals surface area contributed by atoms with Crippen LogP contribution < -0.4 is 10.5 Å². The lowest BCUT2D eigenvalue weighted by atomic mass is 10.2. The molecule has 5 heteroatoms. The molecule has 2 N–H and O–H groups in total. The molecule has 2 aromatic rings. The molecule has 0 unspecified atom stereocenters. The van der Waals surface area contributed by atoms with Crippen molar-refractivity contribution in [3.05, 3.63) is 52.5 Å². The maximum Gasteiger partial charge on any atom is 0.145 e. The zero-order chi connectivity index (χ0) is 13.1. The first-order valence-corrected chi connectivity index (χ1v) is 6.20. The van der Waals surface area contributed by atoms with E-state index in [-0.39, 0.29) is 11.9 Å². The number of aromatic nitrogens is 1. The molecular formula is C13H12BrFN2O. The number of benzene rings is 1. The molecule has 0 fully saturated rings. The molecule has 0 aliphatic rings. The molecule has 0 aliphatic heterocycles. The molecule has 0 radical (unpaired) electrons. The summed E-state index contributed by atoms with van der Waals surface area (Å²) in [6.45, 7) is 1.86. The summed E-state index contributed by atoms with van der Waals surface area (Å²) in [6.07, 6.45) is 1.59. The van der Waals surface area contributed by atoms with Gasteiger partial charge in [-0.15, -0.1) is 0 Å². The minimum absolute atomic E-state index is 0.114. The molecule has 2 rings (SSSR count). The molecule has 1 aromatic heterocycles. The van der Waals surface area contributed by atoms with Gasteiger partial charge >= 0.3 is 0 Å². The summed E-state index contributed by atoms with van der Waals surface area (Å²) in [4.78, 5) is 4.18. The Morgan fingerprint density at radius 3 is 2.67 bits per heavy atom. The molecule has 18 heavy (non-hydrogen) atoms. The molecule has 3 nitrogen and oxygen atoms in total. The van der Waals surface area contributed by atoms with E-state index in [1.54, 1.807) is 24.4 Å². The highest BCUT2D eigenvalue weighted by molar-refractivity contribution is 9.10. The van der Waals surface area contributed by atoms with Crippen LogP contribution in [0.4, 0.5) is 4.39 Å². The van der Waals surface area contributed by atoms with Crippen molar-refractivity contribution in [3.8, 4) is 11.5 Å². The molecule has 0 amide bonds. The molecule has 1 aromatic carbocycles. The minimum Gasteiger partial charge on any atom is -0.455 e. The van der Waals surface area contributed by atoms with Crippen molar-refractivity contribution in [1.82, 2.24) is 4.98 Å². The van der Waals surface area contributed by atoms with Crippen LogP contribution in [0, 0.1) is 5.82 Å². The third-order valence-corrected chi connectivity index (χ3v) is 2.97. The van der Waals surface area contributed by atoms with Crippen molar-refractivity contribution in [1.29, 1.82) is 0 Å². The van der Waals surface area contributed by atoms with Gasteiger partial charge in [0.1, 0.15) is 17.3 Å². The van der Waals surface area contributed by atoms with E-state index in [0.717, 1.165) is 5.69 Å². The number of hydrogen-bond acceptors (Lipinski definition) is 3. The Bertz CT molecular complexity index is 543. The van der Waals surface area contributed by atoms with Gasteiger partial charge in [0.05, 0.1) is 16.4 Å². The number of pyridine rings is 1. The third-order valence-electron chi connectivity index (χ3n) is 2.35. The maximum atomic E-state index is 12.9. The highest BCUT2D eigenvalue weighted by Crippen LogP contribution is 2.30. The Hall–Kier alpha value is -1.46. The second-order valence-electron chi connectivity index (χ2n) is 3.88. The fourth-order valence-electron chi connectivity index (χ4n) is 1.41. The van der Waals surface area contributed by atoms with E-state index in [2.05, 4.69) is 20.9 Å².